The number of nitrogens with one attached hydrogen (secondary N) is 1. The van der Waals surface area contributed by atoms with Gasteiger partial charge in [0.1, 0.15) is 0 Å². The van der Waals surface area contributed by atoms with E-state index in [9.17, 15) is 4.79 Å². The van der Waals surface area contributed by atoms with Gasteiger partial charge in [0.05, 0.1) is 11.8 Å². The molecule has 0 spiro atoms. The Morgan fingerprint density at radius 2 is 2.36 bits per heavy atom. The third-order valence-electron chi connectivity index (χ3n) is 2.51. The van der Waals surface area contributed by atoms with Crippen LogP contribution >= 0.6 is 0 Å². The molecule has 0 aliphatic carbocycles. The lowest BCUT2D eigenvalue weighted by atomic mass is 10.0. The summed E-state index contributed by atoms with van der Waals surface area (Å²) in [6.07, 6.45) is 5.09. The Balaban J connectivity index is 2.22. The van der Waals surface area contributed by atoms with Crippen molar-refractivity contribution in [2.24, 2.45) is 0 Å². The molecule has 1 fully saturated rings. The minimum atomic E-state index is -0.232. The van der Waals surface area contributed by atoms with Gasteiger partial charge in [-0.15, -0.1) is 0 Å². The lowest BCUT2D eigenvalue weighted by molar-refractivity contribution is 0.0148. The van der Waals surface area contributed by atoms with Crippen LogP contribution in [0.4, 0.5) is 5.69 Å². The van der Waals surface area contributed by atoms with Crippen LogP contribution in [0.1, 0.15) is 30.9 Å². The molecule has 1 aromatic rings. The minimum Gasteiger partial charge on any atom is -0.394 e. The molecule has 0 bridgehead atoms. The zero-order chi connectivity index (χ0) is 9.97. The number of aromatic amines is 1. The van der Waals surface area contributed by atoms with Crippen LogP contribution < -0.4 is 11.3 Å². The van der Waals surface area contributed by atoms with E-state index in [-0.39, 0.29) is 17.4 Å². The average Bonchev–Trinajstić information content (AvgIpc) is 2.23. The highest BCUT2D eigenvalue weighted by atomic mass is 16.5. The summed E-state index contributed by atoms with van der Waals surface area (Å²) in [6, 6.07) is 1.70. The molecule has 0 radical (unpaired) electrons. The van der Waals surface area contributed by atoms with Crippen LogP contribution in [0, 0.1) is 0 Å². The second-order valence-electron chi connectivity index (χ2n) is 3.57. The van der Waals surface area contributed by atoms with Crippen LogP contribution in [0.2, 0.25) is 0 Å². The number of aromatic nitrogens is 1. The number of hydrogen-bond acceptors (Lipinski definition) is 3. The third-order valence-corrected chi connectivity index (χ3v) is 2.51. The van der Waals surface area contributed by atoms with Crippen LogP contribution in [-0.2, 0) is 4.74 Å². The average molecular weight is 194 g/mol. The standard InChI is InChI=1S/C10H14N2O2/c11-8-5-7(6-12-10(8)13)9-3-1-2-4-14-9/h5-6,9H,1-4,11H2,(H,12,13). The van der Waals surface area contributed by atoms with Crippen LogP contribution in [0.25, 0.3) is 0 Å². The maximum Gasteiger partial charge on any atom is 0.271 e. The first kappa shape index (κ1) is 9.27. The molecule has 1 saturated heterocycles. The smallest absolute Gasteiger partial charge is 0.271 e. The Hall–Kier alpha value is -1.29. The van der Waals surface area contributed by atoms with Gasteiger partial charge in [-0.1, -0.05) is 0 Å². The summed E-state index contributed by atoms with van der Waals surface area (Å²) in [5.74, 6) is 0. The number of anilines is 1. The summed E-state index contributed by atoms with van der Waals surface area (Å²) in [5.41, 5.74) is 6.53. The monoisotopic (exact) mass is 194 g/mol. The predicted octanol–water partition coefficient (Wildman–Crippen LogP) is 1.20. The second kappa shape index (κ2) is 3.84. The zero-order valence-corrected chi connectivity index (χ0v) is 7.95. The summed E-state index contributed by atoms with van der Waals surface area (Å²) >= 11 is 0. The highest BCUT2D eigenvalue weighted by Gasteiger charge is 2.16. The first-order valence-electron chi connectivity index (χ1n) is 4.87. The van der Waals surface area contributed by atoms with Gasteiger partial charge in [0, 0.05) is 12.8 Å². The van der Waals surface area contributed by atoms with E-state index in [0.29, 0.717) is 0 Å². The molecule has 0 saturated carbocycles. The molecular formula is C10H14N2O2. The molecule has 2 heterocycles. The fraction of sp³-hybridized carbons (Fsp3) is 0.500. The molecule has 1 unspecified atom stereocenters. The van der Waals surface area contributed by atoms with Crippen molar-refractivity contribution >= 4 is 5.69 Å². The number of hydrogen-bond donors (Lipinski definition) is 2. The Labute approximate surface area is 82.1 Å². The molecule has 2 rings (SSSR count). The van der Waals surface area contributed by atoms with Gasteiger partial charge in [-0.25, -0.2) is 0 Å². The Kier molecular flexibility index (Phi) is 2.54. The molecule has 1 aromatic heterocycles. The predicted molar refractivity (Wildman–Crippen MR) is 54.0 cm³/mol. The lowest BCUT2D eigenvalue weighted by Gasteiger charge is -2.22. The molecule has 0 amide bonds. The molecule has 3 N–H and O–H groups in total. The van der Waals surface area contributed by atoms with E-state index in [4.69, 9.17) is 10.5 Å². The highest BCUT2D eigenvalue weighted by Crippen LogP contribution is 2.27. The second-order valence-corrected chi connectivity index (χ2v) is 3.57. The van der Waals surface area contributed by atoms with E-state index in [2.05, 4.69) is 4.98 Å². The van der Waals surface area contributed by atoms with Gasteiger partial charge in [0.25, 0.3) is 5.56 Å². The number of ether oxygens (including phenoxy) is 1. The molecule has 1 aliphatic heterocycles. The first-order chi connectivity index (χ1) is 6.77. The van der Waals surface area contributed by atoms with Gasteiger partial charge < -0.3 is 15.5 Å². The maximum atomic E-state index is 11.0. The van der Waals surface area contributed by atoms with Gasteiger partial charge in [0.15, 0.2) is 0 Å². The van der Waals surface area contributed by atoms with Crippen LogP contribution in [0.15, 0.2) is 17.1 Å². The fourth-order valence-corrected chi connectivity index (χ4v) is 1.71. The van der Waals surface area contributed by atoms with Crippen molar-refractivity contribution in [2.75, 3.05) is 12.3 Å². The van der Waals surface area contributed by atoms with Crippen LogP contribution in [0.5, 0.6) is 0 Å². The third kappa shape index (κ3) is 1.80. The Bertz CT molecular complexity index is 367. The molecule has 1 aliphatic rings. The van der Waals surface area contributed by atoms with Crippen molar-refractivity contribution in [3.63, 3.8) is 0 Å². The van der Waals surface area contributed by atoms with Crippen molar-refractivity contribution in [3.05, 3.63) is 28.2 Å². The molecule has 4 heteroatoms. The Morgan fingerprint density at radius 1 is 1.50 bits per heavy atom. The summed E-state index contributed by atoms with van der Waals surface area (Å²) in [5, 5.41) is 0. The number of rotatable bonds is 1. The summed E-state index contributed by atoms with van der Waals surface area (Å²) in [4.78, 5) is 13.6. The summed E-state index contributed by atoms with van der Waals surface area (Å²) in [6.45, 7) is 0.795. The minimum absolute atomic E-state index is 0.0999. The van der Waals surface area contributed by atoms with E-state index in [0.717, 1.165) is 25.0 Å². The largest absolute Gasteiger partial charge is 0.394 e. The Morgan fingerprint density at radius 3 is 3.00 bits per heavy atom. The van der Waals surface area contributed by atoms with Gasteiger partial charge in [-0.05, 0) is 30.9 Å². The molecule has 1 atom stereocenters. The number of pyridine rings is 1. The van der Waals surface area contributed by atoms with E-state index in [1.165, 1.54) is 6.42 Å². The van der Waals surface area contributed by atoms with Gasteiger partial charge in [0.2, 0.25) is 0 Å². The maximum absolute atomic E-state index is 11.0. The molecule has 14 heavy (non-hydrogen) atoms. The SMILES string of the molecule is Nc1cc(C2CCCCO2)c[nH]c1=O. The molecule has 4 nitrogen and oxygen atoms in total. The number of nitrogen functional groups attached to an aromatic ring is 1. The fourth-order valence-electron chi connectivity index (χ4n) is 1.71. The first-order valence-corrected chi connectivity index (χ1v) is 4.87. The van der Waals surface area contributed by atoms with E-state index < -0.39 is 0 Å². The zero-order valence-electron chi connectivity index (χ0n) is 7.95. The quantitative estimate of drug-likeness (QED) is 0.705. The van der Waals surface area contributed by atoms with Crippen molar-refractivity contribution in [1.82, 2.24) is 4.98 Å². The van der Waals surface area contributed by atoms with E-state index in [1.54, 1.807) is 12.3 Å². The van der Waals surface area contributed by atoms with Crippen molar-refractivity contribution in [2.45, 2.75) is 25.4 Å². The summed E-state index contributed by atoms with van der Waals surface area (Å²) in [7, 11) is 0. The topological polar surface area (TPSA) is 68.1 Å². The van der Waals surface area contributed by atoms with Crippen LogP contribution in [-0.4, -0.2) is 11.6 Å². The van der Waals surface area contributed by atoms with Gasteiger partial charge in [-0.3, -0.25) is 4.79 Å². The normalized spacial score (nSPS) is 22.1. The number of H-pyrrole nitrogens is 1. The van der Waals surface area contributed by atoms with Crippen LogP contribution in [0.3, 0.4) is 0 Å². The van der Waals surface area contributed by atoms with Gasteiger partial charge in [-0.2, -0.15) is 0 Å². The summed E-state index contributed by atoms with van der Waals surface area (Å²) < 4.78 is 5.58. The van der Waals surface area contributed by atoms with E-state index in [1.807, 2.05) is 0 Å². The van der Waals surface area contributed by atoms with Crippen molar-refractivity contribution in [1.29, 1.82) is 0 Å². The lowest BCUT2D eigenvalue weighted by Crippen LogP contribution is -2.16. The molecular weight excluding hydrogens is 180 g/mol. The van der Waals surface area contributed by atoms with Crippen molar-refractivity contribution in [3.8, 4) is 0 Å². The highest BCUT2D eigenvalue weighted by molar-refractivity contribution is 5.37. The van der Waals surface area contributed by atoms with Crippen molar-refractivity contribution < 1.29 is 4.74 Å². The van der Waals surface area contributed by atoms with Gasteiger partial charge >= 0.3 is 0 Å². The molecule has 0 aromatic carbocycles. The molecule has 76 valence electrons. The number of nitrogens with two attached hydrogens (primary N) is 1. The van der Waals surface area contributed by atoms with E-state index >= 15 is 0 Å².